The third-order valence-electron chi connectivity index (χ3n) is 2.46. The predicted molar refractivity (Wildman–Crippen MR) is 63.2 cm³/mol. The first-order valence-electron chi connectivity index (χ1n) is 4.94. The molecule has 1 unspecified atom stereocenters. The minimum Gasteiger partial charge on any atom is -0.316 e. The van der Waals surface area contributed by atoms with Gasteiger partial charge in [0.1, 0.15) is 0 Å². The molecular weight excluding hydrogens is 214 g/mol. The highest BCUT2D eigenvalue weighted by atomic mass is 35.5. The number of benzene rings is 1. The van der Waals surface area contributed by atoms with Gasteiger partial charge in [0.15, 0.2) is 0 Å². The second-order valence-electron chi connectivity index (χ2n) is 3.62. The average Bonchev–Trinajstić information content (AvgIpc) is 2.70. The van der Waals surface area contributed by atoms with Gasteiger partial charge in [-0.05, 0) is 49.7 Å². The molecule has 0 aromatic heterocycles. The van der Waals surface area contributed by atoms with E-state index < -0.39 is 0 Å². The van der Waals surface area contributed by atoms with Crippen molar-refractivity contribution < 1.29 is 0 Å². The lowest BCUT2D eigenvalue weighted by molar-refractivity contribution is 0.663. The molecule has 1 fully saturated rings. The number of hydrogen-bond acceptors (Lipinski definition) is 2. The Hall–Kier alpha value is -0.180. The van der Waals surface area contributed by atoms with Gasteiger partial charge >= 0.3 is 0 Å². The Bertz CT molecular complexity index is 280. The van der Waals surface area contributed by atoms with Gasteiger partial charge < -0.3 is 5.32 Å². The summed E-state index contributed by atoms with van der Waals surface area (Å²) in [5.41, 5.74) is 0. The number of nitrogens with one attached hydrogen (secondary N) is 1. The molecule has 1 saturated heterocycles. The standard InChI is InChI=1S/C11H14ClNS/c12-10-1-3-11(4-2-10)14-8-9-5-6-13-7-9/h1-4,9,13H,5-8H2. The highest BCUT2D eigenvalue weighted by Crippen LogP contribution is 2.24. The van der Waals surface area contributed by atoms with Crippen molar-refractivity contribution in [1.29, 1.82) is 0 Å². The highest BCUT2D eigenvalue weighted by Gasteiger charge is 2.14. The van der Waals surface area contributed by atoms with Crippen LogP contribution in [0.25, 0.3) is 0 Å². The number of rotatable bonds is 3. The van der Waals surface area contributed by atoms with Gasteiger partial charge in [-0.25, -0.2) is 0 Å². The quantitative estimate of drug-likeness (QED) is 0.797. The fourth-order valence-corrected chi connectivity index (χ4v) is 2.77. The summed E-state index contributed by atoms with van der Waals surface area (Å²) in [5, 5.41) is 4.20. The highest BCUT2D eigenvalue weighted by molar-refractivity contribution is 7.99. The van der Waals surface area contributed by atoms with Gasteiger partial charge in [0.2, 0.25) is 0 Å². The monoisotopic (exact) mass is 227 g/mol. The van der Waals surface area contributed by atoms with Crippen LogP contribution in [-0.2, 0) is 0 Å². The Labute approximate surface area is 94.2 Å². The van der Waals surface area contributed by atoms with Gasteiger partial charge in [-0.2, -0.15) is 0 Å². The third-order valence-corrected chi connectivity index (χ3v) is 3.96. The second-order valence-corrected chi connectivity index (χ2v) is 5.15. The van der Waals surface area contributed by atoms with Crippen LogP contribution in [0.3, 0.4) is 0 Å². The fourth-order valence-electron chi connectivity index (χ4n) is 1.60. The molecule has 0 radical (unpaired) electrons. The minimum absolute atomic E-state index is 0.817. The summed E-state index contributed by atoms with van der Waals surface area (Å²) in [4.78, 5) is 1.32. The molecule has 2 rings (SSSR count). The van der Waals surface area contributed by atoms with Crippen molar-refractivity contribution in [3.8, 4) is 0 Å². The van der Waals surface area contributed by atoms with Crippen LogP contribution in [0.4, 0.5) is 0 Å². The van der Waals surface area contributed by atoms with E-state index >= 15 is 0 Å². The number of halogens is 1. The van der Waals surface area contributed by atoms with Crippen molar-refractivity contribution in [2.45, 2.75) is 11.3 Å². The van der Waals surface area contributed by atoms with E-state index in [2.05, 4.69) is 17.4 Å². The van der Waals surface area contributed by atoms with Gasteiger partial charge in [0.25, 0.3) is 0 Å². The molecule has 14 heavy (non-hydrogen) atoms. The van der Waals surface area contributed by atoms with Crippen LogP contribution in [0.5, 0.6) is 0 Å². The van der Waals surface area contributed by atoms with E-state index in [1.165, 1.54) is 30.2 Å². The summed E-state index contributed by atoms with van der Waals surface area (Å²) in [6.07, 6.45) is 1.32. The summed E-state index contributed by atoms with van der Waals surface area (Å²) < 4.78 is 0. The average molecular weight is 228 g/mol. The molecule has 1 aromatic carbocycles. The maximum Gasteiger partial charge on any atom is 0.0406 e. The van der Waals surface area contributed by atoms with Gasteiger partial charge in [0, 0.05) is 15.7 Å². The first kappa shape index (κ1) is 10.3. The van der Waals surface area contributed by atoms with Crippen LogP contribution in [0, 0.1) is 5.92 Å². The van der Waals surface area contributed by atoms with Crippen molar-refractivity contribution in [1.82, 2.24) is 5.32 Å². The smallest absolute Gasteiger partial charge is 0.0406 e. The molecule has 3 heteroatoms. The SMILES string of the molecule is Clc1ccc(SCC2CCNC2)cc1. The molecule has 0 saturated carbocycles. The van der Waals surface area contributed by atoms with Crippen LogP contribution in [0.2, 0.25) is 5.02 Å². The maximum atomic E-state index is 5.82. The summed E-state index contributed by atoms with van der Waals surface area (Å²) in [5.74, 6) is 2.06. The maximum absolute atomic E-state index is 5.82. The van der Waals surface area contributed by atoms with Crippen molar-refractivity contribution in [3.63, 3.8) is 0 Å². The number of thioether (sulfide) groups is 1. The van der Waals surface area contributed by atoms with Crippen LogP contribution >= 0.6 is 23.4 Å². The van der Waals surface area contributed by atoms with Gasteiger partial charge in [0.05, 0.1) is 0 Å². The predicted octanol–water partition coefficient (Wildman–Crippen LogP) is 3.04. The molecule has 1 N–H and O–H groups in total. The zero-order valence-corrected chi connectivity index (χ0v) is 9.57. The molecule has 0 spiro atoms. The first-order chi connectivity index (χ1) is 6.84. The Kier molecular flexibility index (Phi) is 3.74. The van der Waals surface area contributed by atoms with Gasteiger partial charge in [-0.15, -0.1) is 11.8 Å². The van der Waals surface area contributed by atoms with Crippen molar-refractivity contribution >= 4 is 23.4 Å². The molecule has 1 heterocycles. The van der Waals surface area contributed by atoms with E-state index in [0.717, 1.165) is 10.9 Å². The molecule has 1 aromatic rings. The summed E-state index contributed by atoms with van der Waals surface area (Å²) >= 11 is 7.75. The third kappa shape index (κ3) is 2.91. The van der Waals surface area contributed by atoms with Crippen LogP contribution < -0.4 is 5.32 Å². The molecule has 1 aliphatic heterocycles. The lowest BCUT2D eigenvalue weighted by Crippen LogP contribution is -2.10. The summed E-state index contributed by atoms with van der Waals surface area (Å²) in [7, 11) is 0. The van der Waals surface area contributed by atoms with E-state index in [9.17, 15) is 0 Å². The zero-order valence-electron chi connectivity index (χ0n) is 8.00. The molecule has 0 bridgehead atoms. The molecule has 1 nitrogen and oxygen atoms in total. The first-order valence-corrected chi connectivity index (χ1v) is 6.30. The van der Waals surface area contributed by atoms with Crippen LogP contribution in [0.1, 0.15) is 6.42 Å². The fraction of sp³-hybridized carbons (Fsp3) is 0.455. The van der Waals surface area contributed by atoms with E-state index in [1.807, 2.05) is 23.9 Å². The van der Waals surface area contributed by atoms with Gasteiger partial charge in [-0.1, -0.05) is 11.6 Å². The molecule has 1 aliphatic rings. The Balaban J connectivity index is 1.82. The molecule has 0 aliphatic carbocycles. The lowest BCUT2D eigenvalue weighted by Gasteiger charge is -2.07. The summed E-state index contributed by atoms with van der Waals surface area (Å²) in [6, 6.07) is 8.10. The van der Waals surface area contributed by atoms with E-state index in [-0.39, 0.29) is 0 Å². The Morgan fingerprint density at radius 2 is 2.14 bits per heavy atom. The topological polar surface area (TPSA) is 12.0 Å². The molecular formula is C11H14ClNS. The minimum atomic E-state index is 0.817. The second kappa shape index (κ2) is 5.06. The largest absolute Gasteiger partial charge is 0.316 e. The van der Waals surface area contributed by atoms with Crippen molar-refractivity contribution in [2.75, 3.05) is 18.8 Å². The van der Waals surface area contributed by atoms with Crippen LogP contribution in [-0.4, -0.2) is 18.8 Å². The van der Waals surface area contributed by atoms with Crippen LogP contribution in [0.15, 0.2) is 29.2 Å². The Morgan fingerprint density at radius 1 is 1.36 bits per heavy atom. The van der Waals surface area contributed by atoms with E-state index in [4.69, 9.17) is 11.6 Å². The number of hydrogen-bond donors (Lipinski definition) is 1. The normalized spacial score (nSPS) is 21.4. The van der Waals surface area contributed by atoms with Crippen molar-refractivity contribution in [3.05, 3.63) is 29.3 Å². The molecule has 76 valence electrons. The molecule has 0 amide bonds. The zero-order chi connectivity index (χ0) is 9.80. The van der Waals surface area contributed by atoms with E-state index in [0.29, 0.717) is 0 Å². The summed E-state index contributed by atoms with van der Waals surface area (Å²) in [6.45, 7) is 2.37. The van der Waals surface area contributed by atoms with Gasteiger partial charge in [-0.3, -0.25) is 0 Å². The van der Waals surface area contributed by atoms with E-state index in [1.54, 1.807) is 0 Å². The Morgan fingerprint density at radius 3 is 2.79 bits per heavy atom. The van der Waals surface area contributed by atoms with Crippen molar-refractivity contribution in [2.24, 2.45) is 5.92 Å². The molecule has 1 atom stereocenters. The lowest BCUT2D eigenvalue weighted by atomic mass is 10.2.